The summed E-state index contributed by atoms with van der Waals surface area (Å²) in [6.45, 7) is 0.395. The van der Waals surface area contributed by atoms with Crippen molar-refractivity contribution >= 4 is 23.6 Å². The fourth-order valence-electron chi connectivity index (χ4n) is 5.72. The van der Waals surface area contributed by atoms with Gasteiger partial charge in [0.25, 0.3) is 0 Å². The van der Waals surface area contributed by atoms with Crippen molar-refractivity contribution in [2.45, 2.75) is 68.7 Å². The molecule has 1 N–H and O–H groups in total. The maximum atomic E-state index is 14.0. The van der Waals surface area contributed by atoms with Crippen LogP contribution in [-0.2, 0) is 38.8 Å². The molecule has 0 radical (unpaired) electrons. The largest absolute Gasteiger partial charge is 0.445 e. The van der Waals surface area contributed by atoms with Crippen molar-refractivity contribution in [3.05, 3.63) is 107 Å². The van der Waals surface area contributed by atoms with Gasteiger partial charge in [-0.3, -0.25) is 9.69 Å². The molecule has 1 saturated heterocycles. The van der Waals surface area contributed by atoms with Crippen LogP contribution in [0.2, 0.25) is 0 Å². The van der Waals surface area contributed by atoms with E-state index in [-0.39, 0.29) is 49.9 Å². The Balaban J connectivity index is 1.74. The molecule has 3 aromatic carbocycles. The second-order valence-corrected chi connectivity index (χ2v) is 12.2. The Morgan fingerprint density at radius 2 is 1.55 bits per heavy atom. The van der Waals surface area contributed by atoms with Gasteiger partial charge in [0, 0.05) is 12.3 Å². The van der Waals surface area contributed by atoms with Crippen molar-refractivity contribution in [3.63, 3.8) is 0 Å². The summed E-state index contributed by atoms with van der Waals surface area (Å²) < 4.78 is 93.5. The average molecular weight is 710 g/mol. The molecule has 0 bridgehead atoms. The van der Waals surface area contributed by atoms with Gasteiger partial charge in [-0.1, -0.05) is 60.7 Å². The summed E-state index contributed by atoms with van der Waals surface area (Å²) in [7, 11) is 0. The number of rotatable bonds is 11. The number of hydrogen-bond acceptors (Lipinski definition) is 5. The predicted octanol–water partition coefficient (Wildman–Crippen LogP) is 8.53. The molecule has 1 aliphatic rings. The number of carbonyl (C=O) groups excluding carboxylic acids is 2. The van der Waals surface area contributed by atoms with Crippen LogP contribution in [0, 0.1) is 11.3 Å². The summed E-state index contributed by atoms with van der Waals surface area (Å²) in [4.78, 5) is 28.0. The molecule has 3 atom stereocenters. The van der Waals surface area contributed by atoms with Gasteiger partial charge < -0.3 is 14.8 Å². The van der Waals surface area contributed by atoms with Gasteiger partial charge in [0.15, 0.2) is 0 Å². The van der Waals surface area contributed by atoms with Crippen molar-refractivity contribution in [3.8, 4) is 6.07 Å². The van der Waals surface area contributed by atoms with Crippen LogP contribution in [0.25, 0.3) is 0 Å². The molecule has 2 amide bonds. The maximum absolute atomic E-state index is 14.0. The molecular weight excluding hydrogens is 676 g/mol. The number of amides is 2. The highest BCUT2D eigenvalue weighted by molar-refractivity contribution is 6.17. The predicted molar refractivity (Wildman–Crippen MR) is 168 cm³/mol. The average Bonchev–Trinajstić information content (AvgIpc) is 3.09. The zero-order valence-corrected chi connectivity index (χ0v) is 27.2. The lowest BCUT2D eigenvalue weighted by atomic mass is 9.75. The SMILES string of the molecule is C[C@@H](OC[C@]1(c2ccccc2)CC[C@](C#N)(NC(=O)CCCCl)CN1C(=O)OCc1ccccc1)c1cc(C(F)(F)F)cc(C(F)(F)F)c1. The summed E-state index contributed by atoms with van der Waals surface area (Å²) >= 11 is 5.74. The summed E-state index contributed by atoms with van der Waals surface area (Å²) in [6.07, 6.45) is -11.9. The molecule has 14 heteroatoms. The molecule has 0 spiro atoms. The molecule has 0 unspecified atom stereocenters. The third-order valence-electron chi connectivity index (χ3n) is 8.43. The van der Waals surface area contributed by atoms with Crippen LogP contribution in [0.3, 0.4) is 0 Å². The second kappa shape index (κ2) is 15.5. The zero-order valence-electron chi connectivity index (χ0n) is 26.4. The molecule has 4 rings (SSSR count). The normalized spacial score (nSPS) is 20.3. The maximum Gasteiger partial charge on any atom is 0.416 e. The molecule has 7 nitrogen and oxygen atoms in total. The van der Waals surface area contributed by atoms with Crippen LogP contribution in [0.1, 0.15) is 66.5 Å². The van der Waals surface area contributed by atoms with E-state index in [2.05, 4.69) is 11.4 Å². The third kappa shape index (κ3) is 9.25. The minimum absolute atomic E-state index is 0.00388. The fraction of sp³-hybridized carbons (Fsp3) is 0.400. The number of ether oxygens (including phenoxy) is 2. The van der Waals surface area contributed by atoms with E-state index in [0.29, 0.717) is 29.7 Å². The van der Waals surface area contributed by atoms with E-state index >= 15 is 0 Å². The lowest BCUT2D eigenvalue weighted by Gasteiger charge is -2.51. The number of benzene rings is 3. The van der Waals surface area contributed by atoms with Gasteiger partial charge in [-0.15, -0.1) is 11.6 Å². The lowest BCUT2D eigenvalue weighted by molar-refractivity contribution is -0.143. The first kappa shape index (κ1) is 37.5. The Morgan fingerprint density at radius 1 is 0.959 bits per heavy atom. The number of piperidine rings is 1. The number of likely N-dealkylation sites (tertiary alicyclic amines) is 1. The summed E-state index contributed by atoms with van der Waals surface area (Å²) in [6, 6.07) is 20.6. The standard InChI is InChI=1S/C35H34ClF6N3O4/c1-24(26-17-28(34(37,38)39)19-29(18-26)35(40,41)42)49-23-33(27-11-6-3-7-12-27)15-14-32(21-43,44-30(46)13-8-16-36)22-45(33)31(47)48-20-25-9-4-2-5-10-25/h2-7,9-12,17-19,24H,8,13-16,20,22-23H2,1H3,(H,44,46)/t24-,32-,33+/m1/s1. The van der Waals surface area contributed by atoms with Crippen molar-refractivity contribution in [1.29, 1.82) is 5.26 Å². The van der Waals surface area contributed by atoms with E-state index in [0.717, 1.165) is 0 Å². The quantitative estimate of drug-likeness (QED) is 0.159. The smallest absolute Gasteiger partial charge is 0.416 e. The van der Waals surface area contributed by atoms with Crippen molar-refractivity contribution < 1.29 is 45.4 Å². The van der Waals surface area contributed by atoms with Crippen LogP contribution < -0.4 is 5.32 Å². The molecule has 262 valence electrons. The van der Waals surface area contributed by atoms with Crippen LogP contribution >= 0.6 is 11.6 Å². The lowest BCUT2D eigenvalue weighted by Crippen LogP contribution is -2.66. The Bertz CT molecular complexity index is 1600. The van der Waals surface area contributed by atoms with Gasteiger partial charge in [0.1, 0.15) is 12.1 Å². The van der Waals surface area contributed by atoms with Crippen molar-refractivity contribution in [2.75, 3.05) is 19.0 Å². The minimum atomic E-state index is -5.06. The Hall–Kier alpha value is -4.28. The molecule has 0 saturated carbocycles. The number of halogens is 7. The first-order chi connectivity index (χ1) is 23.1. The summed E-state index contributed by atoms with van der Waals surface area (Å²) in [5.41, 5.74) is -5.15. The topological polar surface area (TPSA) is 91.7 Å². The van der Waals surface area contributed by atoms with Crippen LogP contribution in [0.5, 0.6) is 0 Å². The van der Waals surface area contributed by atoms with Crippen molar-refractivity contribution in [1.82, 2.24) is 10.2 Å². The summed E-state index contributed by atoms with van der Waals surface area (Å²) in [5.74, 6) is -0.240. The second-order valence-electron chi connectivity index (χ2n) is 11.9. The molecule has 49 heavy (non-hydrogen) atoms. The van der Waals surface area contributed by atoms with Crippen LogP contribution in [0.15, 0.2) is 78.9 Å². The highest BCUT2D eigenvalue weighted by Crippen LogP contribution is 2.44. The van der Waals surface area contributed by atoms with E-state index in [1.165, 1.54) is 11.8 Å². The number of hydrogen-bond donors (Lipinski definition) is 1. The molecule has 1 heterocycles. The number of carbonyl (C=O) groups is 2. The number of alkyl halides is 7. The van der Waals surface area contributed by atoms with E-state index in [1.54, 1.807) is 60.7 Å². The van der Waals surface area contributed by atoms with Crippen LogP contribution in [-0.4, -0.2) is 41.5 Å². The monoisotopic (exact) mass is 709 g/mol. The van der Waals surface area contributed by atoms with Gasteiger partial charge in [-0.05, 0) is 61.1 Å². The molecule has 1 fully saturated rings. The summed E-state index contributed by atoms with van der Waals surface area (Å²) in [5, 5.41) is 13.1. The fourth-order valence-corrected chi connectivity index (χ4v) is 5.86. The van der Waals surface area contributed by atoms with E-state index in [1.807, 2.05) is 0 Å². The molecule has 0 aliphatic carbocycles. The zero-order chi connectivity index (χ0) is 35.9. The number of nitrogens with one attached hydrogen (secondary N) is 1. The first-order valence-electron chi connectivity index (χ1n) is 15.4. The van der Waals surface area contributed by atoms with Gasteiger partial charge in [-0.25, -0.2) is 4.79 Å². The third-order valence-corrected chi connectivity index (χ3v) is 8.70. The van der Waals surface area contributed by atoms with E-state index in [9.17, 15) is 41.2 Å². The van der Waals surface area contributed by atoms with Gasteiger partial charge in [0.2, 0.25) is 5.91 Å². The van der Waals surface area contributed by atoms with Gasteiger partial charge >= 0.3 is 18.4 Å². The Labute approximate surface area is 284 Å². The molecule has 1 aliphatic heterocycles. The molecule has 3 aromatic rings. The van der Waals surface area contributed by atoms with Crippen molar-refractivity contribution in [2.24, 2.45) is 0 Å². The molecular formula is C35H34ClF6N3O4. The van der Waals surface area contributed by atoms with Gasteiger partial charge in [-0.2, -0.15) is 31.6 Å². The number of nitriles is 1. The minimum Gasteiger partial charge on any atom is -0.445 e. The highest BCUT2D eigenvalue weighted by Gasteiger charge is 2.53. The highest BCUT2D eigenvalue weighted by atomic mass is 35.5. The van der Waals surface area contributed by atoms with Gasteiger partial charge in [0.05, 0.1) is 42.0 Å². The van der Waals surface area contributed by atoms with E-state index in [4.69, 9.17) is 21.1 Å². The number of nitrogens with zero attached hydrogens (tertiary/aromatic N) is 2. The Kier molecular flexibility index (Phi) is 11.9. The first-order valence-corrected chi connectivity index (χ1v) is 15.9. The van der Waals surface area contributed by atoms with Crippen LogP contribution in [0.4, 0.5) is 31.1 Å². The van der Waals surface area contributed by atoms with E-state index < -0.39 is 59.3 Å². The molecule has 0 aromatic heterocycles. The Morgan fingerprint density at radius 3 is 2.10 bits per heavy atom.